The van der Waals surface area contributed by atoms with E-state index in [1.54, 1.807) is 37.5 Å². The molecule has 1 aromatic carbocycles. The minimum absolute atomic E-state index is 0.0635. The highest BCUT2D eigenvalue weighted by molar-refractivity contribution is 7.89. The lowest BCUT2D eigenvalue weighted by atomic mass is 10.0. The van der Waals surface area contributed by atoms with Crippen LogP contribution < -0.4 is 10.1 Å². The first kappa shape index (κ1) is 20.7. The summed E-state index contributed by atoms with van der Waals surface area (Å²) in [6.45, 7) is 4.29. The minimum Gasteiger partial charge on any atom is -0.487 e. The molecule has 2 heterocycles. The highest BCUT2D eigenvalue weighted by Gasteiger charge is 2.37. The smallest absolute Gasteiger partial charge is 0.247 e. The third kappa shape index (κ3) is 4.05. The lowest BCUT2D eigenvalue weighted by Gasteiger charge is -2.36. The maximum absolute atomic E-state index is 13.3. The first-order valence-electron chi connectivity index (χ1n) is 9.37. The lowest BCUT2D eigenvalue weighted by molar-refractivity contribution is 0.103. The average molecular weight is 406 g/mol. The molecule has 0 radical (unpaired) electrons. The largest absolute Gasteiger partial charge is 0.487 e. The number of hydrogen-bond donors (Lipinski definition) is 2. The van der Waals surface area contributed by atoms with Crippen molar-refractivity contribution in [3.8, 4) is 16.9 Å². The highest BCUT2D eigenvalue weighted by Crippen LogP contribution is 2.36. The fourth-order valence-electron chi connectivity index (χ4n) is 3.38. The Morgan fingerprint density at radius 2 is 2.14 bits per heavy atom. The first-order valence-corrected chi connectivity index (χ1v) is 10.8. The molecule has 0 unspecified atom stereocenters. The Bertz CT molecular complexity index is 905. The Kier molecular flexibility index (Phi) is 6.34. The van der Waals surface area contributed by atoms with Gasteiger partial charge >= 0.3 is 0 Å². The third-order valence-corrected chi connectivity index (χ3v) is 7.09. The van der Waals surface area contributed by atoms with Crippen molar-refractivity contribution in [1.82, 2.24) is 14.6 Å². The summed E-state index contributed by atoms with van der Waals surface area (Å²) in [5.41, 5.74) is 1.72. The molecule has 0 bridgehead atoms. The number of aliphatic hydroxyl groups is 1. The van der Waals surface area contributed by atoms with Crippen molar-refractivity contribution >= 4 is 10.0 Å². The number of aromatic nitrogens is 1. The molecular formula is C20H27N3O4S. The Morgan fingerprint density at radius 1 is 1.36 bits per heavy atom. The van der Waals surface area contributed by atoms with Gasteiger partial charge in [0.1, 0.15) is 16.7 Å². The van der Waals surface area contributed by atoms with Gasteiger partial charge in [0.15, 0.2) is 0 Å². The predicted octanol–water partition coefficient (Wildman–Crippen LogP) is 1.74. The number of likely N-dealkylation sites (N-methyl/N-ethyl adjacent to an activating group) is 1. The van der Waals surface area contributed by atoms with Gasteiger partial charge in [-0.3, -0.25) is 4.98 Å². The number of nitrogens with zero attached hydrogens (tertiary/aromatic N) is 2. The van der Waals surface area contributed by atoms with Crippen LogP contribution in [-0.2, 0) is 10.0 Å². The summed E-state index contributed by atoms with van der Waals surface area (Å²) in [5.74, 6) is 0.259. The van der Waals surface area contributed by atoms with Crippen molar-refractivity contribution in [2.45, 2.75) is 30.9 Å². The highest BCUT2D eigenvalue weighted by atomic mass is 32.2. The Morgan fingerprint density at radius 3 is 2.79 bits per heavy atom. The number of ether oxygens (including phenoxy) is 1. The zero-order chi connectivity index (χ0) is 20.3. The van der Waals surface area contributed by atoms with Crippen molar-refractivity contribution in [3.05, 3.63) is 42.7 Å². The summed E-state index contributed by atoms with van der Waals surface area (Å²) in [6.07, 6.45) is 3.21. The molecule has 3 rings (SSSR count). The number of fused-ring (bicyclic) bond motifs is 1. The fourth-order valence-corrected chi connectivity index (χ4v) is 5.21. The van der Waals surface area contributed by atoms with Gasteiger partial charge in [-0.1, -0.05) is 19.1 Å². The van der Waals surface area contributed by atoms with Crippen molar-refractivity contribution in [2.75, 3.05) is 26.7 Å². The topological polar surface area (TPSA) is 91.8 Å². The van der Waals surface area contributed by atoms with Gasteiger partial charge in [-0.05, 0) is 37.7 Å². The summed E-state index contributed by atoms with van der Waals surface area (Å²) in [7, 11) is -1.97. The van der Waals surface area contributed by atoms with Crippen LogP contribution in [0.2, 0.25) is 0 Å². The summed E-state index contributed by atoms with van der Waals surface area (Å²) in [4.78, 5) is 4.25. The molecular weight excluding hydrogens is 378 g/mol. The maximum atomic E-state index is 13.3. The van der Waals surface area contributed by atoms with Gasteiger partial charge in [-0.2, -0.15) is 4.31 Å². The molecule has 3 atom stereocenters. The van der Waals surface area contributed by atoms with Gasteiger partial charge in [-0.15, -0.1) is 0 Å². The van der Waals surface area contributed by atoms with E-state index in [2.05, 4.69) is 10.3 Å². The molecule has 0 saturated carbocycles. The SMILES string of the molecule is CNC[C@@H]1Oc2cc(-c3cccnc3)ccc2S(=O)(=O)N([C@@H](C)CO)C[C@H]1C. The fraction of sp³-hybridized carbons (Fsp3) is 0.450. The minimum atomic E-state index is -3.81. The summed E-state index contributed by atoms with van der Waals surface area (Å²) in [5, 5.41) is 12.7. The number of benzene rings is 1. The van der Waals surface area contributed by atoms with Gasteiger partial charge in [0.2, 0.25) is 10.0 Å². The van der Waals surface area contributed by atoms with Crippen LogP contribution in [0.1, 0.15) is 13.8 Å². The second-order valence-electron chi connectivity index (χ2n) is 7.20. The van der Waals surface area contributed by atoms with E-state index in [4.69, 9.17) is 4.74 Å². The van der Waals surface area contributed by atoms with E-state index < -0.39 is 16.1 Å². The molecule has 7 nitrogen and oxygen atoms in total. The maximum Gasteiger partial charge on any atom is 0.247 e. The molecule has 0 spiro atoms. The quantitative estimate of drug-likeness (QED) is 0.787. The van der Waals surface area contributed by atoms with Crippen LogP contribution in [0.5, 0.6) is 5.75 Å². The van der Waals surface area contributed by atoms with E-state index in [1.165, 1.54) is 4.31 Å². The second-order valence-corrected chi connectivity index (χ2v) is 9.06. The number of aliphatic hydroxyl groups excluding tert-OH is 1. The monoisotopic (exact) mass is 405 g/mol. The van der Waals surface area contributed by atoms with Crippen LogP contribution in [0, 0.1) is 5.92 Å². The predicted molar refractivity (Wildman–Crippen MR) is 108 cm³/mol. The summed E-state index contributed by atoms with van der Waals surface area (Å²) in [6, 6.07) is 8.33. The van der Waals surface area contributed by atoms with Crippen LogP contribution >= 0.6 is 0 Å². The van der Waals surface area contributed by atoms with E-state index in [0.29, 0.717) is 12.3 Å². The van der Waals surface area contributed by atoms with Crippen LogP contribution in [-0.4, -0.2) is 61.7 Å². The number of pyridine rings is 1. The van der Waals surface area contributed by atoms with Crippen molar-refractivity contribution in [1.29, 1.82) is 0 Å². The molecule has 0 amide bonds. The number of nitrogens with one attached hydrogen (secondary N) is 1. The normalized spacial score (nSPS) is 23.1. The molecule has 2 N–H and O–H groups in total. The van der Waals surface area contributed by atoms with Gasteiger partial charge in [0.05, 0.1) is 6.61 Å². The first-order chi connectivity index (χ1) is 13.4. The van der Waals surface area contributed by atoms with Crippen molar-refractivity contribution in [2.24, 2.45) is 5.92 Å². The van der Waals surface area contributed by atoms with Gasteiger partial charge in [-0.25, -0.2) is 8.42 Å². The zero-order valence-corrected chi connectivity index (χ0v) is 17.2. The lowest BCUT2D eigenvalue weighted by Crippen LogP contribution is -2.49. The van der Waals surface area contributed by atoms with Crippen molar-refractivity contribution < 1.29 is 18.3 Å². The Labute approximate surface area is 166 Å². The summed E-state index contributed by atoms with van der Waals surface area (Å²) < 4.78 is 34.3. The standard InChI is InChI=1S/C20H27N3O4S/c1-14-12-23(15(2)13-24)28(25,26)20-7-6-16(17-5-4-8-22-10-17)9-18(20)27-19(14)11-21-3/h4-10,14-15,19,21,24H,11-13H2,1-3H3/t14-,15+,19+/m1/s1. The number of sulfonamides is 1. The molecule has 2 aromatic rings. The molecule has 28 heavy (non-hydrogen) atoms. The van der Waals surface area contributed by atoms with Gasteiger partial charge in [0.25, 0.3) is 0 Å². The zero-order valence-electron chi connectivity index (χ0n) is 16.4. The number of hydrogen-bond acceptors (Lipinski definition) is 6. The van der Waals surface area contributed by atoms with Crippen LogP contribution in [0.3, 0.4) is 0 Å². The van der Waals surface area contributed by atoms with Gasteiger partial charge in [0, 0.05) is 43.0 Å². The van der Waals surface area contributed by atoms with E-state index in [9.17, 15) is 13.5 Å². The Balaban J connectivity index is 2.14. The molecule has 0 aliphatic carbocycles. The third-order valence-electron chi connectivity index (χ3n) is 5.07. The molecule has 1 aromatic heterocycles. The molecule has 152 valence electrons. The molecule has 0 fully saturated rings. The van der Waals surface area contributed by atoms with E-state index in [-0.39, 0.29) is 30.1 Å². The van der Waals surface area contributed by atoms with Crippen LogP contribution in [0.15, 0.2) is 47.6 Å². The van der Waals surface area contributed by atoms with Gasteiger partial charge < -0.3 is 15.2 Å². The molecule has 0 saturated heterocycles. The second kappa shape index (κ2) is 8.57. The van der Waals surface area contributed by atoms with E-state index in [1.807, 2.05) is 26.1 Å². The van der Waals surface area contributed by atoms with Crippen LogP contribution in [0.4, 0.5) is 0 Å². The molecule has 1 aliphatic heterocycles. The van der Waals surface area contributed by atoms with E-state index >= 15 is 0 Å². The average Bonchev–Trinajstić information content (AvgIpc) is 2.70. The molecule has 1 aliphatic rings. The van der Waals surface area contributed by atoms with E-state index in [0.717, 1.165) is 11.1 Å². The number of rotatable bonds is 5. The van der Waals surface area contributed by atoms with Crippen molar-refractivity contribution in [3.63, 3.8) is 0 Å². The van der Waals surface area contributed by atoms with Crippen LogP contribution in [0.25, 0.3) is 11.1 Å². The molecule has 8 heteroatoms. The Hall–Kier alpha value is -2.00. The summed E-state index contributed by atoms with van der Waals surface area (Å²) >= 11 is 0.